The molecule has 0 saturated heterocycles. The summed E-state index contributed by atoms with van der Waals surface area (Å²) < 4.78 is 0. The molecular formula is C33H42. The van der Waals surface area contributed by atoms with Gasteiger partial charge in [-0.3, -0.25) is 0 Å². The maximum atomic E-state index is 2.50. The Labute approximate surface area is 202 Å². The molecule has 0 N–H and O–H groups in total. The van der Waals surface area contributed by atoms with Crippen LogP contribution in [0.15, 0.2) is 54.6 Å². The van der Waals surface area contributed by atoms with Crippen molar-refractivity contribution in [3.63, 3.8) is 0 Å². The zero-order valence-electron chi connectivity index (χ0n) is 21.7. The fourth-order valence-electron chi connectivity index (χ4n) is 6.85. The van der Waals surface area contributed by atoms with Gasteiger partial charge in [-0.1, -0.05) is 122 Å². The molecule has 0 radical (unpaired) electrons. The number of allylic oxidation sites excluding steroid dienone is 4. The number of rotatable bonds is 2. The van der Waals surface area contributed by atoms with E-state index in [9.17, 15) is 0 Å². The first-order valence-corrected chi connectivity index (χ1v) is 13.3. The summed E-state index contributed by atoms with van der Waals surface area (Å²) in [6, 6.07) is 12.2. The summed E-state index contributed by atoms with van der Waals surface area (Å²) in [5.41, 5.74) is 11.5. The Hall–Kier alpha value is -2.08. The van der Waals surface area contributed by atoms with Crippen LogP contribution in [0.4, 0.5) is 0 Å². The smallest absolute Gasteiger partial charge is 0.00565 e. The maximum absolute atomic E-state index is 2.50. The molecule has 0 bridgehead atoms. The van der Waals surface area contributed by atoms with Crippen LogP contribution in [0, 0.1) is 5.92 Å². The van der Waals surface area contributed by atoms with E-state index in [0.29, 0.717) is 5.92 Å². The molecule has 1 saturated carbocycles. The highest BCUT2D eigenvalue weighted by Crippen LogP contribution is 2.54. The standard InChI is InChI=1S/C33H42/c1-31(2,3)25-15-16-26-23(21-25)22-28-27(26)17-18-29(32(4,5)6)30(28)33(24-13-9-10-14-24)19-11-7-8-12-20-33/h9-10,13-18,21,24H,7-8,11-12,19-20,22H2,1-6H3. The summed E-state index contributed by atoms with van der Waals surface area (Å²) in [5, 5.41) is 0. The number of hydrogen-bond donors (Lipinski definition) is 0. The molecule has 3 aliphatic rings. The Kier molecular flexibility index (Phi) is 5.50. The van der Waals surface area contributed by atoms with Crippen molar-refractivity contribution in [3.05, 3.63) is 82.5 Å². The summed E-state index contributed by atoms with van der Waals surface area (Å²) in [4.78, 5) is 0. The molecule has 1 fully saturated rings. The molecule has 0 aliphatic heterocycles. The van der Waals surface area contributed by atoms with E-state index in [0.717, 1.165) is 6.42 Å². The fraction of sp³-hybridized carbons (Fsp3) is 0.515. The second-order valence-electron chi connectivity index (χ2n) is 12.9. The molecule has 0 atom stereocenters. The molecule has 2 aromatic carbocycles. The molecule has 174 valence electrons. The first-order chi connectivity index (χ1) is 15.6. The monoisotopic (exact) mass is 438 g/mol. The van der Waals surface area contributed by atoms with Crippen molar-refractivity contribution >= 4 is 0 Å². The molecule has 3 aliphatic carbocycles. The van der Waals surface area contributed by atoms with Crippen LogP contribution in [0.25, 0.3) is 11.1 Å². The molecular weight excluding hydrogens is 396 g/mol. The van der Waals surface area contributed by atoms with Crippen molar-refractivity contribution in [2.45, 2.75) is 103 Å². The minimum atomic E-state index is 0.140. The van der Waals surface area contributed by atoms with Gasteiger partial charge in [0.2, 0.25) is 0 Å². The summed E-state index contributed by atoms with van der Waals surface area (Å²) >= 11 is 0. The molecule has 0 aromatic heterocycles. The Morgan fingerprint density at radius 1 is 0.727 bits per heavy atom. The lowest BCUT2D eigenvalue weighted by Gasteiger charge is -2.43. The van der Waals surface area contributed by atoms with Crippen molar-refractivity contribution in [2.24, 2.45) is 5.92 Å². The summed E-state index contributed by atoms with van der Waals surface area (Å²) in [6.45, 7) is 14.3. The molecule has 5 rings (SSSR count). The Balaban J connectivity index is 1.75. The molecule has 2 aromatic rings. The van der Waals surface area contributed by atoms with Gasteiger partial charge in [0.1, 0.15) is 0 Å². The lowest BCUT2D eigenvalue weighted by molar-refractivity contribution is 0.309. The van der Waals surface area contributed by atoms with Crippen LogP contribution in [0.3, 0.4) is 0 Å². The van der Waals surface area contributed by atoms with Crippen molar-refractivity contribution in [1.82, 2.24) is 0 Å². The normalized spacial score (nSPS) is 20.1. The third kappa shape index (κ3) is 3.84. The molecule has 0 unspecified atom stereocenters. The van der Waals surface area contributed by atoms with Gasteiger partial charge in [0.05, 0.1) is 0 Å². The quantitative estimate of drug-likeness (QED) is 0.350. The van der Waals surface area contributed by atoms with E-state index >= 15 is 0 Å². The van der Waals surface area contributed by atoms with Crippen LogP contribution < -0.4 is 0 Å². The van der Waals surface area contributed by atoms with Crippen molar-refractivity contribution in [1.29, 1.82) is 0 Å². The molecule has 0 nitrogen and oxygen atoms in total. The van der Waals surface area contributed by atoms with E-state index in [1.54, 1.807) is 16.7 Å². The van der Waals surface area contributed by atoms with Crippen LogP contribution in [0.1, 0.15) is 108 Å². The van der Waals surface area contributed by atoms with Gasteiger partial charge in [0.25, 0.3) is 0 Å². The maximum Gasteiger partial charge on any atom is 0.00565 e. The molecule has 0 spiro atoms. The first-order valence-electron chi connectivity index (χ1n) is 13.3. The molecule has 0 amide bonds. The lowest BCUT2D eigenvalue weighted by Crippen LogP contribution is -2.36. The van der Waals surface area contributed by atoms with E-state index in [2.05, 4.69) is 96.2 Å². The molecule has 33 heavy (non-hydrogen) atoms. The third-order valence-electron chi connectivity index (χ3n) is 8.63. The van der Waals surface area contributed by atoms with Crippen molar-refractivity contribution in [2.75, 3.05) is 0 Å². The highest BCUT2D eigenvalue weighted by molar-refractivity contribution is 5.80. The van der Waals surface area contributed by atoms with Gasteiger partial charge in [0, 0.05) is 11.3 Å². The van der Waals surface area contributed by atoms with Crippen molar-refractivity contribution in [3.8, 4) is 11.1 Å². The Morgan fingerprint density at radius 3 is 1.97 bits per heavy atom. The first kappa shape index (κ1) is 22.7. The highest BCUT2D eigenvalue weighted by atomic mass is 14.5. The van der Waals surface area contributed by atoms with E-state index in [1.807, 2.05) is 0 Å². The summed E-state index contributed by atoms with van der Waals surface area (Å²) in [7, 11) is 0. The predicted octanol–water partition coefficient (Wildman–Crippen LogP) is 9.19. The van der Waals surface area contributed by atoms with Gasteiger partial charge >= 0.3 is 0 Å². The minimum Gasteiger partial charge on any atom is -0.0767 e. The van der Waals surface area contributed by atoms with E-state index in [-0.39, 0.29) is 16.2 Å². The van der Waals surface area contributed by atoms with Gasteiger partial charge in [-0.05, 0) is 69.0 Å². The zero-order chi connectivity index (χ0) is 23.4. The van der Waals surface area contributed by atoms with Gasteiger partial charge < -0.3 is 0 Å². The highest BCUT2D eigenvalue weighted by Gasteiger charge is 2.44. The van der Waals surface area contributed by atoms with Crippen molar-refractivity contribution < 1.29 is 0 Å². The third-order valence-corrected chi connectivity index (χ3v) is 8.63. The number of hydrogen-bond acceptors (Lipinski definition) is 0. The van der Waals surface area contributed by atoms with Crippen LogP contribution in [0.5, 0.6) is 0 Å². The molecule has 0 heterocycles. The van der Waals surface area contributed by atoms with Gasteiger partial charge in [-0.15, -0.1) is 0 Å². The second-order valence-corrected chi connectivity index (χ2v) is 12.9. The van der Waals surface area contributed by atoms with Gasteiger partial charge in [-0.25, -0.2) is 0 Å². The fourth-order valence-corrected chi connectivity index (χ4v) is 6.85. The number of benzene rings is 2. The Bertz CT molecular complexity index is 1090. The zero-order valence-corrected chi connectivity index (χ0v) is 21.7. The SMILES string of the molecule is CC(C)(C)c1ccc2c(c1)Cc1c-2ccc(C(C)(C)C)c1C1(C2C=CC=C2)CCCCCC1. The lowest BCUT2D eigenvalue weighted by atomic mass is 9.61. The average molecular weight is 439 g/mol. The Morgan fingerprint density at radius 2 is 1.36 bits per heavy atom. The van der Waals surface area contributed by atoms with Crippen LogP contribution in [-0.2, 0) is 22.7 Å². The van der Waals surface area contributed by atoms with Crippen LogP contribution in [-0.4, -0.2) is 0 Å². The van der Waals surface area contributed by atoms with Crippen LogP contribution in [0.2, 0.25) is 0 Å². The van der Waals surface area contributed by atoms with E-state index in [4.69, 9.17) is 0 Å². The van der Waals surface area contributed by atoms with Crippen LogP contribution >= 0.6 is 0 Å². The topological polar surface area (TPSA) is 0 Å². The largest absolute Gasteiger partial charge is 0.0767 e. The minimum absolute atomic E-state index is 0.140. The summed E-state index contributed by atoms with van der Waals surface area (Å²) in [5.74, 6) is 0.525. The number of fused-ring (bicyclic) bond motifs is 3. The van der Waals surface area contributed by atoms with E-state index < -0.39 is 0 Å². The average Bonchev–Trinajstić information content (AvgIpc) is 3.34. The van der Waals surface area contributed by atoms with Gasteiger partial charge in [0.15, 0.2) is 0 Å². The van der Waals surface area contributed by atoms with Gasteiger partial charge in [-0.2, -0.15) is 0 Å². The summed E-state index contributed by atoms with van der Waals surface area (Å²) in [6.07, 6.45) is 18.8. The molecule has 0 heteroatoms. The predicted molar refractivity (Wildman–Crippen MR) is 143 cm³/mol. The second kappa shape index (κ2) is 8.00. The van der Waals surface area contributed by atoms with E-state index in [1.165, 1.54) is 60.8 Å².